The van der Waals surface area contributed by atoms with E-state index >= 15 is 0 Å². The van der Waals surface area contributed by atoms with Gasteiger partial charge in [0.25, 0.3) is 12.3 Å². The van der Waals surface area contributed by atoms with Crippen molar-refractivity contribution in [2.45, 2.75) is 31.6 Å². The number of ether oxygens (including phenoxy) is 1. The van der Waals surface area contributed by atoms with E-state index in [0.29, 0.717) is 23.2 Å². The summed E-state index contributed by atoms with van der Waals surface area (Å²) in [5, 5.41) is 9.50. The molecule has 2 aromatic carbocycles. The average Bonchev–Trinajstić information content (AvgIpc) is 3.59. The number of amides is 1. The second-order valence-electron chi connectivity index (χ2n) is 7.40. The number of halogens is 2. The maximum absolute atomic E-state index is 12.6. The van der Waals surface area contributed by atoms with E-state index in [1.807, 2.05) is 18.2 Å². The monoisotopic (exact) mass is 414 g/mol. The van der Waals surface area contributed by atoms with Gasteiger partial charge in [0, 0.05) is 36.1 Å². The fraction of sp³-hybridized carbons (Fsp3) is 0.364. The zero-order valence-electron chi connectivity index (χ0n) is 16.5. The lowest BCUT2D eigenvalue weighted by Crippen LogP contribution is -2.44. The number of nitrogens with zero attached hydrogens (tertiary/aromatic N) is 1. The lowest BCUT2D eigenvalue weighted by molar-refractivity contribution is 0.0819. The standard InChI is InChI=1S/C22H24F2N4O2/c23-20(24)13-30-17-4-1-3-16(12-17)27-19-8-7-15(11-18(19)14-5-6-14)21(29)28-22-25-9-2-10-26-22/h1,3-4,7-8,11-12,14,20,27H,2,5-6,9-10,13H2,(H2,25,26,28,29). The number of benzene rings is 2. The highest BCUT2D eigenvalue weighted by atomic mass is 19.3. The number of nitrogens with one attached hydrogen (secondary N) is 3. The Hall–Kier alpha value is -3.16. The highest BCUT2D eigenvalue weighted by molar-refractivity contribution is 6.03. The minimum Gasteiger partial charge on any atom is -0.488 e. The van der Waals surface area contributed by atoms with Crippen molar-refractivity contribution in [1.82, 2.24) is 10.6 Å². The molecule has 0 spiro atoms. The Kier molecular flexibility index (Phi) is 6.11. The van der Waals surface area contributed by atoms with Crippen LogP contribution in [0.4, 0.5) is 20.2 Å². The Labute approximate surface area is 173 Å². The van der Waals surface area contributed by atoms with Gasteiger partial charge in [-0.05, 0) is 61.1 Å². The molecule has 1 aliphatic heterocycles. The first-order valence-corrected chi connectivity index (χ1v) is 10.1. The van der Waals surface area contributed by atoms with Crippen molar-refractivity contribution in [2.24, 2.45) is 4.99 Å². The van der Waals surface area contributed by atoms with Crippen LogP contribution in [0.1, 0.15) is 41.1 Å². The normalized spacial score (nSPS) is 15.9. The van der Waals surface area contributed by atoms with Crippen molar-refractivity contribution < 1.29 is 18.3 Å². The van der Waals surface area contributed by atoms with Crippen LogP contribution in [0.2, 0.25) is 0 Å². The molecule has 8 heteroatoms. The van der Waals surface area contributed by atoms with Gasteiger partial charge < -0.3 is 20.7 Å². The summed E-state index contributed by atoms with van der Waals surface area (Å²) in [6.07, 6.45) is 0.618. The Bertz CT molecular complexity index is 936. The third kappa shape index (κ3) is 5.25. The van der Waals surface area contributed by atoms with Gasteiger partial charge in [0.1, 0.15) is 12.4 Å². The van der Waals surface area contributed by atoms with Crippen LogP contribution in [0.15, 0.2) is 47.5 Å². The van der Waals surface area contributed by atoms with E-state index in [2.05, 4.69) is 20.9 Å². The maximum atomic E-state index is 12.6. The first kappa shape index (κ1) is 20.1. The summed E-state index contributed by atoms with van der Waals surface area (Å²) >= 11 is 0. The number of carbonyl (C=O) groups is 1. The molecular weight excluding hydrogens is 390 g/mol. The van der Waals surface area contributed by atoms with E-state index in [1.54, 1.807) is 24.3 Å². The predicted octanol–water partition coefficient (Wildman–Crippen LogP) is 4.03. The third-order valence-electron chi connectivity index (χ3n) is 4.96. The minimum atomic E-state index is -2.52. The highest BCUT2D eigenvalue weighted by Crippen LogP contribution is 2.44. The van der Waals surface area contributed by atoms with E-state index < -0.39 is 13.0 Å². The molecule has 1 saturated carbocycles. The summed E-state index contributed by atoms with van der Waals surface area (Å²) in [6.45, 7) is 0.963. The van der Waals surface area contributed by atoms with E-state index in [9.17, 15) is 13.6 Å². The van der Waals surface area contributed by atoms with Crippen LogP contribution in [0.5, 0.6) is 5.75 Å². The Morgan fingerprint density at radius 2 is 1.97 bits per heavy atom. The van der Waals surface area contributed by atoms with Gasteiger partial charge in [0.15, 0.2) is 5.96 Å². The molecular formula is C22H24F2N4O2. The molecule has 0 radical (unpaired) electrons. The van der Waals surface area contributed by atoms with Crippen LogP contribution in [-0.2, 0) is 0 Å². The van der Waals surface area contributed by atoms with Gasteiger partial charge in [0.2, 0.25) is 0 Å². The van der Waals surface area contributed by atoms with Crippen LogP contribution >= 0.6 is 0 Å². The van der Waals surface area contributed by atoms with Crippen LogP contribution in [0.25, 0.3) is 0 Å². The van der Waals surface area contributed by atoms with Crippen molar-refractivity contribution in [1.29, 1.82) is 0 Å². The summed E-state index contributed by atoms with van der Waals surface area (Å²) in [4.78, 5) is 16.7. The number of aliphatic imine (C=N–C) groups is 1. The van der Waals surface area contributed by atoms with Crippen LogP contribution in [0, 0.1) is 0 Å². The van der Waals surface area contributed by atoms with E-state index in [-0.39, 0.29) is 5.91 Å². The lowest BCUT2D eigenvalue weighted by Gasteiger charge is -2.17. The van der Waals surface area contributed by atoms with Gasteiger partial charge in [-0.1, -0.05) is 6.07 Å². The molecule has 1 aliphatic carbocycles. The maximum Gasteiger partial charge on any atom is 0.280 e. The number of alkyl halides is 2. The molecule has 3 N–H and O–H groups in total. The molecule has 2 aromatic rings. The van der Waals surface area contributed by atoms with E-state index in [4.69, 9.17) is 4.74 Å². The summed E-state index contributed by atoms with van der Waals surface area (Å²) in [5.41, 5.74) is 3.22. The summed E-state index contributed by atoms with van der Waals surface area (Å²) in [7, 11) is 0. The molecule has 0 atom stereocenters. The molecule has 0 unspecified atom stereocenters. The number of carbonyl (C=O) groups excluding carboxylic acids is 1. The second-order valence-corrected chi connectivity index (χ2v) is 7.40. The van der Waals surface area contributed by atoms with E-state index in [0.717, 1.165) is 49.3 Å². The van der Waals surface area contributed by atoms with Crippen LogP contribution < -0.4 is 20.7 Å². The third-order valence-corrected chi connectivity index (χ3v) is 4.96. The van der Waals surface area contributed by atoms with Crippen molar-refractivity contribution in [2.75, 3.05) is 25.0 Å². The molecule has 0 aromatic heterocycles. The number of hydrogen-bond acceptors (Lipinski definition) is 3. The fourth-order valence-corrected chi connectivity index (χ4v) is 3.33. The van der Waals surface area contributed by atoms with Gasteiger partial charge >= 0.3 is 0 Å². The first-order valence-electron chi connectivity index (χ1n) is 10.1. The lowest BCUT2D eigenvalue weighted by atomic mass is 10.0. The second kappa shape index (κ2) is 9.11. The summed E-state index contributed by atoms with van der Waals surface area (Å²) in [5.74, 6) is 1.00. The number of hydrogen-bond donors (Lipinski definition) is 3. The SMILES string of the molecule is O=C(N=C1NCCCN1)c1ccc(Nc2cccc(OCC(F)F)c2)c(C2CC2)c1. The predicted molar refractivity (Wildman–Crippen MR) is 112 cm³/mol. The molecule has 2 aliphatic rings. The molecule has 6 nitrogen and oxygen atoms in total. The molecule has 2 fully saturated rings. The molecule has 1 heterocycles. The zero-order valence-corrected chi connectivity index (χ0v) is 16.5. The quantitative estimate of drug-likeness (QED) is 0.638. The molecule has 1 amide bonds. The molecule has 0 bridgehead atoms. The fourth-order valence-electron chi connectivity index (χ4n) is 3.33. The topological polar surface area (TPSA) is 74.8 Å². The van der Waals surface area contributed by atoms with Gasteiger partial charge in [-0.3, -0.25) is 4.79 Å². The molecule has 1 saturated heterocycles. The molecule has 158 valence electrons. The zero-order chi connectivity index (χ0) is 20.9. The number of rotatable bonds is 7. The van der Waals surface area contributed by atoms with Crippen molar-refractivity contribution in [3.63, 3.8) is 0 Å². The molecule has 4 rings (SSSR count). The van der Waals surface area contributed by atoms with Crippen molar-refractivity contribution >= 4 is 23.2 Å². The van der Waals surface area contributed by atoms with Crippen molar-refractivity contribution in [3.8, 4) is 5.75 Å². The smallest absolute Gasteiger partial charge is 0.280 e. The first-order chi connectivity index (χ1) is 14.6. The largest absolute Gasteiger partial charge is 0.488 e. The minimum absolute atomic E-state index is 0.289. The Morgan fingerprint density at radius 1 is 1.17 bits per heavy atom. The summed E-state index contributed by atoms with van der Waals surface area (Å²) < 4.78 is 29.9. The van der Waals surface area contributed by atoms with Gasteiger partial charge in [-0.2, -0.15) is 4.99 Å². The van der Waals surface area contributed by atoms with Gasteiger partial charge in [0.05, 0.1) is 0 Å². The van der Waals surface area contributed by atoms with Gasteiger partial charge in [-0.15, -0.1) is 0 Å². The molecule has 30 heavy (non-hydrogen) atoms. The van der Waals surface area contributed by atoms with Crippen LogP contribution in [-0.4, -0.2) is 38.0 Å². The summed E-state index contributed by atoms with van der Waals surface area (Å²) in [6, 6.07) is 12.4. The Morgan fingerprint density at radius 3 is 2.70 bits per heavy atom. The van der Waals surface area contributed by atoms with Crippen LogP contribution in [0.3, 0.4) is 0 Å². The number of guanidine groups is 1. The number of anilines is 2. The van der Waals surface area contributed by atoms with E-state index in [1.165, 1.54) is 0 Å². The average molecular weight is 414 g/mol. The van der Waals surface area contributed by atoms with Crippen molar-refractivity contribution in [3.05, 3.63) is 53.6 Å². The highest BCUT2D eigenvalue weighted by Gasteiger charge is 2.27. The van der Waals surface area contributed by atoms with Gasteiger partial charge in [-0.25, -0.2) is 8.78 Å². The Balaban J connectivity index is 1.51.